The Bertz CT molecular complexity index is 693. The average Bonchev–Trinajstić information content (AvgIpc) is 2.93. The van der Waals surface area contributed by atoms with Crippen LogP contribution in [0.4, 0.5) is 4.39 Å². The summed E-state index contributed by atoms with van der Waals surface area (Å²) in [5.74, 6) is -0.661. The fourth-order valence-electron chi connectivity index (χ4n) is 2.40. The van der Waals surface area contributed by atoms with Crippen LogP contribution in [0.25, 0.3) is 10.9 Å². The van der Waals surface area contributed by atoms with Crippen LogP contribution < -0.4 is 0 Å². The van der Waals surface area contributed by atoms with Crippen LogP contribution in [0.15, 0.2) is 24.4 Å². The van der Waals surface area contributed by atoms with E-state index >= 15 is 0 Å². The first-order valence-electron chi connectivity index (χ1n) is 7.29. The van der Waals surface area contributed by atoms with E-state index in [1.165, 1.54) is 12.3 Å². The zero-order valence-corrected chi connectivity index (χ0v) is 13.1. The molecule has 0 amide bonds. The summed E-state index contributed by atoms with van der Waals surface area (Å²) in [7, 11) is 0. The predicted molar refractivity (Wildman–Crippen MR) is 85.2 cm³/mol. The van der Waals surface area contributed by atoms with Gasteiger partial charge in [0.1, 0.15) is 5.82 Å². The number of halogens is 1. The van der Waals surface area contributed by atoms with Crippen LogP contribution in [0, 0.1) is 16.6 Å². The number of benzene rings is 1. The molecule has 22 heavy (non-hydrogen) atoms. The van der Waals surface area contributed by atoms with Crippen LogP contribution in [0.1, 0.15) is 37.6 Å². The fraction of sp³-hybridized carbons (Fsp3) is 0.412. The molecule has 1 aromatic heterocycles. The number of rotatable bonds is 7. The summed E-state index contributed by atoms with van der Waals surface area (Å²) in [6.45, 7) is 5.73. The van der Waals surface area contributed by atoms with Gasteiger partial charge in [0, 0.05) is 17.1 Å². The molecule has 2 aromatic rings. The molecule has 2 rings (SSSR count). The minimum Gasteiger partial charge on any atom is -0.378 e. The number of aromatic nitrogens is 1. The Labute approximate surface area is 129 Å². The van der Waals surface area contributed by atoms with E-state index in [-0.39, 0.29) is 24.9 Å². The van der Waals surface area contributed by atoms with Crippen LogP contribution in [0.3, 0.4) is 0 Å². The fourth-order valence-corrected chi connectivity index (χ4v) is 2.40. The molecule has 5 heteroatoms. The SMILES string of the molecule is CC(C)OCC(C)(CC=N)C(=O)c1cc(F)c2[nH]ccc2c1. The molecule has 0 saturated carbocycles. The first kappa shape index (κ1) is 16.4. The van der Waals surface area contributed by atoms with Crippen LogP contribution in [0.5, 0.6) is 0 Å². The number of aromatic amines is 1. The van der Waals surface area contributed by atoms with Gasteiger partial charge in [-0.05, 0) is 51.6 Å². The molecule has 1 aromatic carbocycles. The van der Waals surface area contributed by atoms with Gasteiger partial charge in [-0.2, -0.15) is 0 Å². The van der Waals surface area contributed by atoms with E-state index < -0.39 is 11.2 Å². The second kappa shape index (κ2) is 6.40. The van der Waals surface area contributed by atoms with Gasteiger partial charge in [0.25, 0.3) is 0 Å². The molecule has 1 atom stereocenters. The first-order valence-corrected chi connectivity index (χ1v) is 7.29. The summed E-state index contributed by atoms with van der Waals surface area (Å²) in [5, 5.41) is 7.99. The summed E-state index contributed by atoms with van der Waals surface area (Å²) >= 11 is 0. The Kier molecular flexibility index (Phi) is 4.76. The lowest BCUT2D eigenvalue weighted by molar-refractivity contribution is 0.0189. The maximum atomic E-state index is 14.1. The summed E-state index contributed by atoms with van der Waals surface area (Å²) in [5.41, 5.74) is -0.173. The number of hydrogen-bond acceptors (Lipinski definition) is 3. The van der Waals surface area contributed by atoms with Crippen molar-refractivity contribution in [3.63, 3.8) is 0 Å². The summed E-state index contributed by atoms with van der Waals surface area (Å²) in [4.78, 5) is 15.6. The average molecular weight is 304 g/mol. The number of carbonyl (C=O) groups is 1. The van der Waals surface area contributed by atoms with Gasteiger partial charge in [-0.1, -0.05) is 0 Å². The standard InChI is InChI=1S/C17H21FN2O2/c1-11(2)22-10-17(3,5-6-19)16(21)13-8-12-4-7-20-15(12)14(18)9-13/h4,6-9,11,19-20H,5,10H2,1-3H3. The Hall–Kier alpha value is -2.01. The molecule has 2 N–H and O–H groups in total. The maximum absolute atomic E-state index is 14.1. The summed E-state index contributed by atoms with van der Waals surface area (Å²) < 4.78 is 19.6. The van der Waals surface area contributed by atoms with Gasteiger partial charge in [-0.25, -0.2) is 4.39 Å². The van der Waals surface area contributed by atoms with E-state index in [1.54, 1.807) is 25.3 Å². The van der Waals surface area contributed by atoms with Crippen LogP contribution in [-0.4, -0.2) is 29.7 Å². The highest BCUT2D eigenvalue weighted by Gasteiger charge is 2.34. The van der Waals surface area contributed by atoms with Crippen molar-refractivity contribution in [2.24, 2.45) is 5.41 Å². The van der Waals surface area contributed by atoms with E-state index in [0.717, 1.165) is 0 Å². The molecule has 0 radical (unpaired) electrons. The van der Waals surface area contributed by atoms with Crippen LogP contribution in [-0.2, 0) is 4.74 Å². The Balaban J connectivity index is 2.37. The minimum atomic E-state index is -0.873. The third-order valence-corrected chi connectivity index (χ3v) is 3.71. The van der Waals surface area contributed by atoms with Crippen LogP contribution >= 0.6 is 0 Å². The highest BCUT2D eigenvalue weighted by Crippen LogP contribution is 2.29. The summed E-state index contributed by atoms with van der Waals surface area (Å²) in [6, 6.07) is 4.65. The van der Waals surface area contributed by atoms with Crippen molar-refractivity contribution in [3.8, 4) is 0 Å². The van der Waals surface area contributed by atoms with Gasteiger partial charge in [0.05, 0.1) is 23.6 Å². The molecule has 1 unspecified atom stereocenters. The van der Waals surface area contributed by atoms with Gasteiger partial charge in [0.15, 0.2) is 5.78 Å². The highest BCUT2D eigenvalue weighted by atomic mass is 19.1. The lowest BCUT2D eigenvalue weighted by Gasteiger charge is -2.27. The molecular weight excluding hydrogens is 283 g/mol. The van der Waals surface area contributed by atoms with E-state index in [0.29, 0.717) is 16.5 Å². The molecule has 0 aliphatic heterocycles. The second-order valence-corrected chi connectivity index (χ2v) is 6.06. The number of nitrogens with one attached hydrogen (secondary N) is 2. The number of fused-ring (bicyclic) bond motifs is 1. The molecule has 0 aliphatic carbocycles. The van der Waals surface area contributed by atoms with Gasteiger partial charge in [0.2, 0.25) is 0 Å². The highest BCUT2D eigenvalue weighted by molar-refractivity contribution is 6.04. The molecule has 0 aliphatic rings. The monoisotopic (exact) mass is 304 g/mol. The number of hydrogen-bond donors (Lipinski definition) is 2. The van der Waals surface area contributed by atoms with Crippen molar-refractivity contribution >= 4 is 22.9 Å². The van der Waals surface area contributed by atoms with Crippen molar-refractivity contribution < 1.29 is 13.9 Å². The van der Waals surface area contributed by atoms with Gasteiger partial charge in [-0.15, -0.1) is 0 Å². The molecule has 0 spiro atoms. The van der Waals surface area contributed by atoms with Crippen molar-refractivity contribution in [3.05, 3.63) is 35.8 Å². The number of carbonyl (C=O) groups excluding carboxylic acids is 1. The molecular formula is C17H21FN2O2. The minimum absolute atomic E-state index is 0.0123. The molecule has 1 heterocycles. The topological polar surface area (TPSA) is 65.9 Å². The van der Waals surface area contributed by atoms with Crippen molar-refractivity contribution in [1.82, 2.24) is 4.98 Å². The Morgan fingerprint density at radius 3 is 2.86 bits per heavy atom. The second-order valence-electron chi connectivity index (χ2n) is 6.06. The molecule has 118 valence electrons. The van der Waals surface area contributed by atoms with Gasteiger partial charge < -0.3 is 15.1 Å². The Morgan fingerprint density at radius 1 is 1.50 bits per heavy atom. The molecule has 0 saturated heterocycles. The number of H-pyrrole nitrogens is 1. The lowest BCUT2D eigenvalue weighted by Crippen LogP contribution is -2.34. The molecule has 4 nitrogen and oxygen atoms in total. The number of ether oxygens (including phenoxy) is 1. The van der Waals surface area contributed by atoms with E-state index in [2.05, 4.69) is 4.98 Å². The molecule has 0 fully saturated rings. The van der Waals surface area contributed by atoms with E-state index in [9.17, 15) is 9.18 Å². The zero-order chi connectivity index (χ0) is 16.3. The van der Waals surface area contributed by atoms with E-state index in [4.69, 9.17) is 10.1 Å². The lowest BCUT2D eigenvalue weighted by atomic mass is 9.80. The normalized spacial score (nSPS) is 14.2. The number of Topliss-reactive ketones (excluding diaryl/α,β-unsaturated/α-hetero) is 1. The maximum Gasteiger partial charge on any atom is 0.171 e. The third-order valence-electron chi connectivity index (χ3n) is 3.71. The van der Waals surface area contributed by atoms with Gasteiger partial charge in [-0.3, -0.25) is 4.79 Å². The third kappa shape index (κ3) is 3.25. The van der Waals surface area contributed by atoms with Crippen LogP contribution in [0.2, 0.25) is 0 Å². The van der Waals surface area contributed by atoms with Gasteiger partial charge >= 0.3 is 0 Å². The number of ketones is 1. The Morgan fingerprint density at radius 2 is 2.23 bits per heavy atom. The quantitative estimate of drug-likeness (QED) is 0.600. The summed E-state index contributed by atoms with van der Waals surface area (Å²) in [6.07, 6.45) is 3.08. The predicted octanol–water partition coefficient (Wildman–Crippen LogP) is 3.96. The van der Waals surface area contributed by atoms with E-state index in [1.807, 2.05) is 13.8 Å². The smallest absolute Gasteiger partial charge is 0.171 e. The molecule has 0 bridgehead atoms. The first-order chi connectivity index (χ1) is 10.4. The zero-order valence-electron chi connectivity index (χ0n) is 13.1. The van der Waals surface area contributed by atoms with Crippen molar-refractivity contribution in [1.29, 1.82) is 5.41 Å². The van der Waals surface area contributed by atoms with Crippen molar-refractivity contribution in [2.75, 3.05) is 6.61 Å². The van der Waals surface area contributed by atoms with Crippen molar-refractivity contribution in [2.45, 2.75) is 33.3 Å². The largest absolute Gasteiger partial charge is 0.378 e.